The standard InChI is InChI=1S/C14H10O3.C6H13N.Na.H/c15-13(11-7-3-1-4-8-11)17-14(16)12-9-5-2-6-10-12;7-6-4-2-1-3-5-6;;/h1-10H;6H,1-5,7H2;;/q;;+1;-1. The smallest absolute Gasteiger partial charge is 1.00 e. The molecular formula is C20H24NNaO3. The van der Waals surface area contributed by atoms with E-state index in [1.165, 1.54) is 32.1 Å². The van der Waals surface area contributed by atoms with Crippen LogP contribution >= 0.6 is 0 Å². The molecule has 128 valence electrons. The summed E-state index contributed by atoms with van der Waals surface area (Å²) in [6.45, 7) is 0. The first-order valence-electron chi connectivity index (χ1n) is 8.29. The number of rotatable bonds is 2. The van der Waals surface area contributed by atoms with Crippen molar-refractivity contribution in [3.63, 3.8) is 0 Å². The Kier molecular flexibility index (Phi) is 10.3. The van der Waals surface area contributed by atoms with Crippen molar-refractivity contribution in [3.8, 4) is 0 Å². The quantitative estimate of drug-likeness (QED) is 0.500. The van der Waals surface area contributed by atoms with Gasteiger partial charge in [-0.3, -0.25) is 0 Å². The Bertz CT molecular complexity index is 597. The van der Waals surface area contributed by atoms with Gasteiger partial charge in [-0.1, -0.05) is 55.7 Å². The Morgan fingerprint density at radius 2 is 1.20 bits per heavy atom. The second-order valence-electron chi connectivity index (χ2n) is 5.81. The third kappa shape index (κ3) is 7.97. The van der Waals surface area contributed by atoms with E-state index in [2.05, 4.69) is 0 Å². The zero-order valence-electron chi connectivity index (χ0n) is 15.7. The van der Waals surface area contributed by atoms with Crippen molar-refractivity contribution in [2.24, 2.45) is 5.73 Å². The predicted molar refractivity (Wildman–Crippen MR) is 94.8 cm³/mol. The molecular weight excluding hydrogens is 325 g/mol. The van der Waals surface area contributed by atoms with Gasteiger partial charge in [0.2, 0.25) is 0 Å². The predicted octanol–water partition coefficient (Wildman–Crippen LogP) is 1.08. The van der Waals surface area contributed by atoms with Crippen molar-refractivity contribution in [2.75, 3.05) is 0 Å². The molecule has 2 N–H and O–H groups in total. The Morgan fingerprint density at radius 3 is 1.52 bits per heavy atom. The van der Waals surface area contributed by atoms with Gasteiger partial charge in [-0.25, -0.2) is 9.59 Å². The summed E-state index contributed by atoms with van der Waals surface area (Å²) in [5.41, 5.74) is 6.35. The van der Waals surface area contributed by atoms with Crippen LogP contribution in [0.15, 0.2) is 60.7 Å². The molecule has 2 aromatic carbocycles. The van der Waals surface area contributed by atoms with E-state index >= 15 is 0 Å². The molecule has 0 aliphatic heterocycles. The maximum atomic E-state index is 11.6. The molecule has 0 radical (unpaired) electrons. The molecule has 0 saturated heterocycles. The van der Waals surface area contributed by atoms with Gasteiger partial charge in [0.1, 0.15) is 0 Å². The molecule has 25 heavy (non-hydrogen) atoms. The minimum atomic E-state index is -0.639. The van der Waals surface area contributed by atoms with Crippen LogP contribution < -0.4 is 35.3 Å². The summed E-state index contributed by atoms with van der Waals surface area (Å²) in [6, 6.07) is 17.3. The largest absolute Gasteiger partial charge is 1.00 e. The van der Waals surface area contributed by atoms with E-state index in [-0.39, 0.29) is 31.0 Å². The third-order valence-electron chi connectivity index (χ3n) is 3.85. The van der Waals surface area contributed by atoms with Crippen molar-refractivity contribution in [2.45, 2.75) is 38.1 Å². The second kappa shape index (κ2) is 12.0. The fourth-order valence-corrected chi connectivity index (χ4v) is 2.48. The minimum Gasteiger partial charge on any atom is -1.00 e. The topological polar surface area (TPSA) is 69.4 Å². The van der Waals surface area contributed by atoms with Crippen molar-refractivity contribution in [1.29, 1.82) is 0 Å². The summed E-state index contributed by atoms with van der Waals surface area (Å²) in [4.78, 5) is 23.2. The number of ether oxygens (including phenoxy) is 1. The Labute approximate surface area is 172 Å². The van der Waals surface area contributed by atoms with Crippen molar-refractivity contribution >= 4 is 11.9 Å². The van der Waals surface area contributed by atoms with Crippen LogP contribution in [0.4, 0.5) is 0 Å². The molecule has 5 heteroatoms. The zero-order chi connectivity index (χ0) is 17.2. The molecule has 0 bridgehead atoms. The molecule has 1 aliphatic carbocycles. The average molecular weight is 349 g/mol. The van der Waals surface area contributed by atoms with Crippen molar-refractivity contribution in [3.05, 3.63) is 71.8 Å². The van der Waals surface area contributed by atoms with E-state index in [1.54, 1.807) is 60.7 Å². The van der Waals surface area contributed by atoms with Crippen LogP contribution in [-0.2, 0) is 4.74 Å². The molecule has 3 rings (SSSR count). The van der Waals surface area contributed by atoms with E-state index in [1.807, 2.05) is 0 Å². The summed E-state index contributed by atoms with van der Waals surface area (Å²) >= 11 is 0. The summed E-state index contributed by atoms with van der Waals surface area (Å²) in [5.74, 6) is -1.28. The molecule has 0 atom stereocenters. The summed E-state index contributed by atoms with van der Waals surface area (Å²) in [5, 5.41) is 0. The van der Waals surface area contributed by atoms with Gasteiger partial charge < -0.3 is 11.9 Å². The maximum Gasteiger partial charge on any atom is 1.00 e. The number of carbonyl (C=O) groups excluding carboxylic acids is 2. The van der Waals surface area contributed by atoms with E-state index in [0.717, 1.165) is 0 Å². The number of nitrogens with two attached hydrogens (primary N) is 1. The van der Waals surface area contributed by atoms with E-state index in [0.29, 0.717) is 17.2 Å². The van der Waals surface area contributed by atoms with Gasteiger partial charge in [-0.15, -0.1) is 0 Å². The van der Waals surface area contributed by atoms with Gasteiger partial charge in [0.15, 0.2) is 0 Å². The molecule has 1 fully saturated rings. The Hall–Kier alpha value is -1.46. The number of hydrogen-bond acceptors (Lipinski definition) is 4. The van der Waals surface area contributed by atoms with Gasteiger partial charge in [-0.2, -0.15) is 0 Å². The first-order valence-corrected chi connectivity index (χ1v) is 8.29. The molecule has 0 spiro atoms. The van der Waals surface area contributed by atoms with Crippen LogP contribution in [-0.4, -0.2) is 18.0 Å². The summed E-state index contributed by atoms with van der Waals surface area (Å²) in [7, 11) is 0. The fourth-order valence-electron chi connectivity index (χ4n) is 2.48. The fraction of sp³-hybridized carbons (Fsp3) is 0.300. The molecule has 0 amide bonds. The Morgan fingerprint density at radius 1 is 0.800 bits per heavy atom. The number of benzene rings is 2. The van der Waals surface area contributed by atoms with E-state index in [9.17, 15) is 9.59 Å². The monoisotopic (exact) mass is 349 g/mol. The summed E-state index contributed by atoms with van der Waals surface area (Å²) < 4.78 is 4.74. The van der Waals surface area contributed by atoms with Gasteiger partial charge in [0.25, 0.3) is 0 Å². The third-order valence-corrected chi connectivity index (χ3v) is 3.85. The van der Waals surface area contributed by atoms with Crippen LogP contribution in [0.5, 0.6) is 0 Å². The van der Waals surface area contributed by atoms with Gasteiger partial charge in [0.05, 0.1) is 11.1 Å². The minimum absolute atomic E-state index is 0. The molecule has 0 heterocycles. The number of hydrogen-bond donors (Lipinski definition) is 1. The molecule has 2 aromatic rings. The molecule has 1 aliphatic rings. The first-order chi connectivity index (χ1) is 11.7. The first kappa shape index (κ1) is 21.6. The molecule has 1 saturated carbocycles. The van der Waals surface area contributed by atoms with Gasteiger partial charge in [0, 0.05) is 6.04 Å². The SMILES string of the molecule is NC1CCCCC1.O=C(OC(=O)c1ccccc1)c1ccccc1.[H-].[Na+]. The van der Waals surface area contributed by atoms with E-state index in [4.69, 9.17) is 10.5 Å². The van der Waals surface area contributed by atoms with Crippen LogP contribution in [0.3, 0.4) is 0 Å². The van der Waals surface area contributed by atoms with Gasteiger partial charge in [-0.05, 0) is 37.1 Å². The number of esters is 2. The normalized spacial score (nSPS) is 13.6. The average Bonchev–Trinajstić information content (AvgIpc) is 2.64. The van der Waals surface area contributed by atoms with Gasteiger partial charge >= 0.3 is 41.5 Å². The van der Waals surface area contributed by atoms with Crippen molar-refractivity contribution in [1.82, 2.24) is 0 Å². The maximum absolute atomic E-state index is 11.6. The molecule has 0 aromatic heterocycles. The van der Waals surface area contributed by atoms with Crippen LogP contribution in [0.1, 0.15) is 54.2 Å². The molecule has 0 unspecified atom stereocenters. The molecule has 4 nitrogen and oxygen atoms in total. The van der Waals surface area contributed by atoms with Crippen LogP contribution in [0.2, 0.25) is 0 Å². The van der Waals surface area contributed by atoms with Crippen LogP contribution in [0.25, 0.3) is 0 Å². The van der Waals surface area contributed by atoms with Crippen LogP contribution in [0, 0.1) is 0 Å². The summed E-state index contributed by atoms with van der Waals surface area (Å²) in [6.07, 6.45) is 6.66. The van der Waals surface area contributed by atoms with Crippen molar-refractivity contribution < 1.29 is 45.3 Å². The second-order valence-corrected chi connectivity index (χ2v) is 5.81. The van der Waals surface area contributed by atoms with E-state index < -0.39 is 11.9 Å². The Balaban J connectivity index is 0.000000592. The zero-order valence-corrected chi connectivity index (χ0v) is 16.7. The number of carbonyl (C=O) groups is 2.